The molecular weight excluding hydrogens is 255 g/mol. The molecule has 1 N–H and O–H groups in total. The third-order valence-electron chi connectivity index (χ3n) is 1.76. The average Bonchev–Trinajstić information content (AvgIpc) is 2.22. The molecule has 0 radical (unpaired) electrons. The Morgan fingerprint density at radius 2 is 1.83 bits per heavy atom. The van der Waals surface area contributed by atoms with Gasteiger partial charge in [0.25, 0.3) is 0 Å². The lowest BCUT2D eigenvalue weighted by Gasteiger charge is -2.18. The Balaban J connectivity index is 4.54. The summed E-state index contributed by atoms with van der Waals surface area (Å²) in [6.07, 6.45) is -7.22. The molecule has 0 aromatic heterocycles. The molecule has 0 aliphatic carbocycles. The number of carbonyl (C=O) groups is 2. The van der Waals surface area contributed by atoms with Gasteiger partial charge in [-0.3, -0.25) is 0 Å². The zero-order valence-electron chi connectivity index (χ0n) is 10.3. The molecular formula is C10H16F3NO4. The van der Waals surface area contributed by atoms with Crippen LogP contribution in [0.1, 0.15) is 20.3 Å². The highest BCUT2D eigenvalue weighted by atomic mass is 19.4. The number of alkyl carbamates (subject to hydrolysis) is 1. The molecule has 1 atom stereocenters. The number of carbonyl (C=O) groups excluding carboxylic acids is 2. The smallest absolute Gasteiger partial charge is 0.407 e. The number of amides is 1. The van der Waals surface area contributed by atoms with Crippen LogP contribution in [0.5, 0.6) is 0 Å². The first-order valence-electron chi connectivity index (χ1n) is 5.23. The van der Waals surface area contributed by atoms with Crippen LogP contribution in [0.4, 0.5) is 18.0 Å². The first-order valence-corrected chi connectivity index (χ1v) is 5.23. The van der Waals surface area contributed by atoms with Crippen molar-refractivity contribution in [2.45, 2.75) is 32.5 Å². The van der Waals surface area contributed by atoms with Crippen molar-refractivity contribution in [2.75, 3.05) is 13.7 Å². The van der Waals surface area contributed by atoms with Crippen LogP contribution in [-0.4, -0.2) is 38.0 Å². The molecule has 0 saturated carbocycles. The molecule has 1 amide bonds. The van der Waals surface area contributed by atoms with Gasteiger partial charge in [-0.15, -0.1) is 0 Å². The van der Waals surface area contributed by atoms with Crippen molar-refractivity contribution in [1.29, 1.82) is 0 Å². The van der Waals surface area contributed by atoms with E-state index >= 15 is 0 Å². The minimum absolute atomic E-state index is 0.0152. The first-order chi connectivity index (χ1) is 8.15. The number of rotatable bonds is 5. The van der Waals surface area contributed by atoms with E-state index in [4.69, 9.17) is 0 Å². The summed E-state index contributed by atoms with van der Waals surface area (Å²) < 4.78 is 45.5. The van der Waals surface area contributed by atoms with Crippen molar-refractivity contribution in [1.82, 2.24) is 5.32 Å². The monoisotopic (exact) mass is 271 g/mol. The number of esters is 1. The molecule has 0 aromatic carbocycles. The van der Waals surface area contributed by atoms with Crippen LogP contribution < -0.4 is 5.32 Å². The largest absolute Gasteiger partial charge is 0.464 e. The molecule has 0 rings (SSSR count). The molecule has 1 unspecified atom stereocenters. The summed E-state index contributed by atoms with van der Waals surface area (Å²) in [7, 11) is 0.986. The van der Waals surface area contributed by atoms with E-state index in [-0.39, 0.29) is 12.5 Å². The van der Waals surface area contributed by atoms with E-state index < -0.39 is 30.7 Å². The van der Waals surface area contributed by atoms with Gasteiger partial charge < -0.3 is 14.8 Å². The molecule has 18 heavy (non-hydrogen) atoms. The van der Waals surface area contributed by atoms with Gasteiger partial charge in [-0.05, 0) is 5.92 Å². The van der Waals surface area contributed by atoms with Crippen LogP contribution in [0.3, 0.4) is 0 Å². The second kappa shape index (κ2) is 7.07. The van der Waals surface area contributed by atoms with Gasteiger partial charge in [0.1, 0.15) is 6.04 Å². The van der Waals surface area contributed by atoms with Crippen molar-refractivity contribution in [3.05, 3.63) is 0 Å². The predicted molar refractivity (Wildman–Crippen MR) is 55.8 cm³/mol. The first kappa shape index (κ1) is 16.5. The van der Waals surface area contributed by atoms with Crippen LogP contribution in [0, 0.1) is 5.92 Å². The zero-order chi connectivity index (χ0) is 14.3. The van der Waals surface area contributed by atoms with Crippen molar-refractivity contribution in [3.8, 4) is 0 Å². The minimum Gasteiger partial charge on any atom is -0.464 e. The molecule has 0 heterocycles. The number of halogens is 3. The highest BCUT2D eigenvalue weighted by Gasteiger charge is 2.37. The van der Waals surface area contributed by atoms with Crippen LogP contribution in [-0.2, 0) is 14.3 Å². The van der Waals surface area contributed by atoms with E-state index in [0.717, 1.165) is 7.11 Å². The van der Waals surface area contributed by atoms with Gasteiger partial charge in [0.2, 0.25) is 0 Å². The highest BCUT2D eigenvalue weighted by Crippen LogP contribution is 2.22. The summed E-state index contributed by atoms with van der Waals surface area (Å²) in [6.45, 7) is 3.45. The fourth-order valence-electron chi connectivity index (χ4n) is 0.975. The van der Waals surface area contributed by atoms with Gasteiger partial charge in [0.05, 0.1) is 20.1 Å². The summed E-state index contributed by atoms with van der Waals surface area (Å²) >= 11 is 0. The lowest BCUT2D eigenvalue weighted by Crippen LogP contribution is -2.44. The molecule has 8 heteroatoms. The van der Waals surface area contributed by atoms with E-state index in [0.29, 0.717) is 0 Å². The highest BCUT2D eigenvalue weighted by molar-refractivity contribution is 5.81. The fourth-order valence-corrected chi connectivity index (χ4v) is 0.975. The number of hydrogen-bond donors (Lipinski definition) is 1. The van der Waals surface area contributed by atoms with Crippen molar-refractivity contribution in [3.63, 3.8) is 0 Å². The SMILES string of the molecule is COC(=O)NC(CC(F)(F)F)C(=O)OCC(C)C. The van der Waals surface area contributed by atoms with Crippen molar-refractivity contribution >= 4 is 12.1 Å². The topological polar surface area (TPSA) is 64.6 Å². The Morgan fingerprint density at radius 3 is 2.22 bits per heavy atom. The van der Waals surface area contributed by atoms with Gasteiger partial charge in [-0.25, -0.2) is 9.59 Å². The molecule has 0 aliphatic heterocycles. The van der Waals surface area contributed by atoms with E-state index in [1.54, 1.807) is 19.2 Å². The van der Waals surface area contributed by atoms with Crippen LogP contribution in [0.2, 0.25) is 0 Å². The number of hydrogen-bond acceptors (Lipinski definition) is 4. The Morgan fingerprint density at radius 1 is 1.28 bits per heavy atom. The van der Waals surface area contributed by atoms with E-state index in [2.05, 4.69) is 9.47 Å². The average molecular weight is 271 g/mol. The van der Waals surface area contributed by atoms with Gasteiger partial charge in [-0.1, -0.05) is 13.8 Å². The molecule has 0 saturated heterocycles. The van der Waals surface area contributed by atoms with E-state index in [1.807, 2.05) is 0 Å². The van der Waals surface area contributed by atoms with Gasteiger partial charge in [0, 0.05) is 0 Å². The molecule has 0 fully saturated rings. The van der Waals surface area contributed by atoms with Crippen LogP contribution in [0.15, 0.2) is 0 Å². The molecule has 0 bridgehead atoms. The lowest BCUT2D eigenvalue weighted by molar-refractivity contribution is -0.162. The van der Waals surface area contributed by atoms with Crippen LogP contribution in [0.25, 0.3) is 0 Å². The zero-order valence-corrected chi connectivity index (χ0v) is 10.3. The van der Waals surface area contributed by atoms with E-state index in [9.17, 15) is 22.8 Å². The minimum atomic E-state index is -4.59. The number of alkyl halides is 3. The molecule has 0 aliphatic rings. The van der Waals surface area contributed by atoms with Crippen molar-refractivity contribution in [2.24, 2.45) is 5.92 Å². The summed E-state index contributed by atoms with van der Waals surface area (Å²) in [4.78, 5) is 22.2. The third-order valence-corrected chi connectivity index (χ3v) is 1.76. The van der Waals surface area contributed by atoms with E-state index in [1.165, 1.54) is 0 Å². The Bertz CT molecular complexity index is 291. The quantitative estimate of drug-likeness (QED) is 0.775. The second-order valence-corrected chi connectivity index (χ2v) is 4.03. The summed E-state index contributed by atoms with van der Waals surface area (Å²) in [6, 6.07) is -1.80. The van der Waals surface area contributed by atoms with Crippen molar-refractivity contribution < 1.29 is 32.2 Å². The predicted octanol–water partition coefficient (Wildman–Crippen LogP) is 1.86. The van der Waals surface area contributed by atoms with Gasteiger partial charge in [-0.2, -0.15) is 13.2 Å². The molecule has 0 spiro atoms. The maximum atomic E-state index is 12.2. The number of ether oxygens (including phenoxy) is 2. The Labute approximate surface area is 103 Å². The normalized spacial score (nSPS) is 13.1. The fraction of sp³-hybridized carbons (Fsp3) is 0.800. The summed E-state index contributed by atoms with van der Waals surface area (Å²) in [5, 5.41) is 1.79. The van der Waals surface area contributed by atoms with Crippen LogP contribution >= 0.6 is 0 Å². The summed E-state index contributed by atoms with van der Waals surface area (Å²) in [5.74, 6) is -1.15. The van der Waals surface area contributed by atoms with Gasteiger partial charge >= 0.3 is 18.2 Å². The maximum Gasteiger partial charge on any atom is 0.407 e. The second-order valence-electron chi connectivity index (χ2n) is 4.03. The number of nitrogens with one attached hydrogen (secondary N) is 1. The molecule has 0 aromatic rings. The molecule has 5 nitrogen and oxygen atoms in total. The number of methoxy groups -OCH3 is 1. The Hall–Kier alpha value is -1.47. The standard InChI is InChI=1S/C10H16F3NO4/c1-6(2)5-18-8(15)7(4-10(11,12)13)14-9(16)17-3/h6-7H,4-5H2,1-3H3,(H,14,16). The lowest BCUT2D eigenvalue weighted by atomic mass is 10.2. The van der Waals surface area contributed by atoms with Gasteiger partial charge in [0.15, 0.2) is 0 Å². The maximum absolute atomic E-state index is 12.2. The molecule has 106 valence electrons. The Kier molecular flexibility index (Phi) is 6.50. The third kappa shape index (κ3) is 7.75. The summed E-state index contributed by atoms with van der Waals surface area (Å²) in [5.41, 5.74) is 0.